The number of aromatic nitrogens is 3. The average molecular weight is 236 g/mol. The smallest absolute Gasteiger partial charge is 0.288 e. The van der Waals surface area contributed by atoms with Crippen LogP contribution in [-0.2, 0) is 7.05 Å². The molecule has 0 spiro atoms. The number of pyridine rings is 1. The standard InChI is InChI=1S/C10H12N4O3/c1-6(2)13-8-4-7(14(16)17)5-11-9(8)12(3)10(13)15/h4-6H,1-3H3. The summed E-state index contributed by atoms with van der Waals surface area (Å²) < 4.78 is 2.88. The quantitative estimate of drug-likeness (QED) is 0.579. The number of nitrogens with zero attached hydrogens (tertiary/aromatic N) is 4. The van der Waals surface area contributed by atoms with Crippen LogP contribution in [0, 0.1) is 10.1 Å². The fourth-order valence-corrected chi connectivity index (χ4v) is 1.83. The molecule has 0 amide bonds. The van der Waals surface area contributed by atoms with Gasteiger partial charge in [0, 0.05) is 19.2 Å². The molecule has 0 N–H and O–H groups in total. The van der Waals surface area contributed by atoms with Crippen molar-refractivity contribution in [1.82, 2.24) is 14.1 Å². The monoisotopic (exact) mass is 236 g/mol. The Hall–Kier alpha value is -2.18. The van der Waals surface area contributed by atoms with Crippen molar-refractivity contribution in [2.75, 3.05) is 0 Å². The molecule has 0 radical (unpaired) electrons. The summed E-state index contributed by atoms with van der Waals surface area (Å²) >= 11 is 0. The van der Waals surface area contributed by atoms with E-state index in [4.69, 9.17) is 0 Å². The maximum atomic E-state index is 11.9. The molecule has 0 unspecified atom stereocenters. The average Bonchev–Trinajstić information content (AvgIpc) is 2.51. The first-order valence-electron chi connectivity index (χ1n) is 5.15. The highest BCUT2D eigenvalue weighted by molar-refractivity contribution is 5.74. The van der Waals surface area contributed by atoms with Gasteiger partial charge in [-0.25, -0.2) is 9.78 Å². The minimum absolute atomic E-state index is 0.0741. The highest BCUT2D eigenvalue weighted by atomic mass is 16.6. The lowest BCUT2D eigenvalue weighted by molar-refractivity contribution is -0.385. The van der Waals surface area contributed by atoms with Crippen LogP contribution in [0.4, 0.5) is 5.69 Å². The molecule has 2 aromatic heterocycles. The molecule has 17 heavy (non-hydrogen) atoms. The zero-order chi connectivity index (χ0) is 12.7. The van der Waals surface area contributed by atoms with Gasteiger partial charge in [0.05, 0.1) is 10.4 Å². The maximum absolute atomic E-state index is 11.9. The molecule has 0 fully saturated rings. The molecule has 0 saturated heterocycles. The van der Waals surface area contributed by atoms with Crippen molar-refractivity contribution < 1.29 is 4.92 Å². The van der Waals surface area contributed by atoms with Crippen LogP contribution in [0.1, 0.15) is 19.9 Å². The predicted molar refractivity (Wildman–Crippen MR) is 62.0 cm³/mol. The fourth-order valence-electron chi connectivity index (χ4n) is 1.83. The Morgan fingerprint density at radius 3 is 2.65 bits per heavy atom. The van der Waals surface area contributed by atoms with Gasteiger partial charge in [-0.15, -0.1) is 0 Å². The highest BCUT2D eigenvalue weighted by Gasteiger charge is 2.17. The molecule has 7 heteroatoms. The molecule has 0 bridgehead atoms. The molecule has 0 saturated carbocycles. The largest absolute Gasteiger partial charge is 0.330 e. The van der Waals surface area contributed by atoms with Crippen LogP contribution in [0.3, 0.4) is 0 Å². The summed E-state index contributed by atoms with van der Waals surface area (Å²) in [5.41, 5.74) is 0.608. The summed E-state index contributed by atoms with van der Waals surface area (Å²) in [6.07, 6.45) is 1.16. The van der Waals surface area contributed by atoms with Gasteiger partial charge in [0.25, 0.3) is 5.69 Å². The van der Waals surface area contributed by atoms with E-state index >= 15 is 0 Å². The van der Waals surface area contributed by atoms with E-state index in [1.807, 2.05) is 13.8 Å². The molecule has 2 aromatic rings. The van der Waals surface area contributed by atoms with Crippen molar-refractivity contribution in [3.05, 3.63) is 32.9 Å². The van der Waals surface area contributed by atoms with Crippen LogP contribution in [0.5, 0.6) is 0 Å². The Labute approximate surface area is 96.5 Å². The number of rotatable bonds is 2. The van der Waals surface area contributed by atoms with Gasteiger partial charge in [0.2, 0.25) is 0 Å². The zero-order valence-electron chi connectivity index (χ0n) is 9.75. The Bertz CT molecular complexity index is 653. The molecule has 0 aliphatic carbocycles. The second-order valence-electron chi connectivity index (χ2n) is 4.10. The van der Waals surface area contributed by atoms with Crippen molar-refractivity contribution in [3.8, 4) is 0 Å². The summed E-state index contributed by atoms with van der Waals surface area (Å²) in [4.78, 5) is 26.1. The molecule has 90 valence electrons. The van der Waals surface area contributed by atoms with Crippen LogP contribution in [-0.4, -0.2) is 19.0 Å². The van der Waals surface area contributed by atoms with E-state index in [0.717, 1.165) is 6.20 Å². The number of aryl methyl sites for hydroxylation is 1. The van der Waals surface area contributed by atoms with Gasteiger partial charge in [-0.05, 0) is 13.8 Å². The van der Waals surface area contributed by atoms with E-state index in [2.05, 4.69) is 4.98 Å². The van der Waals surface area contributed by atoms with Gasteiger partial charge >= 0.3 is 5.69 Å². The molecule has 7 nitrogen and oxygen atoms in total. The van der Waals surface area contributed by atoms with Gasteiger partial charge in [-0.1, -0.05) is 0 Å². The van der Waals surface area contributed by atoms with Crippen molar-refractivity contribution in [1.29, 1.82) is 0 Å². The van der Waals surface area contributed by atoms with Gasteiger partial charge in [-0.2, -0.15) is 0 Å². The third-order valence-corrected chi connectivity index (χ3v) is 2.63. The Morgan fingerprint density at radius 1 is 1.47 bits per heavy atom. The van der Waals surface area contributed by atoms with E-state index in [9.17, 15) is 14.9 Å². The molecule has 0 aromatic carbocycles. The first-order valence-corrected chi connectivity index (χ1v) is 5.15. The predicted octanol–water partition coefficient (Wildman–Crippen LogP) is 1.22. The van der Waals surface area contributed by atoms with Crippen LogP contribution in [0.2, 0.25) is 0 Å². The maximum Gasteiger partial charge on any atom is 0.330 e. The lowest BCUT2D eigenvalue weighted by atomic mass is 10.3. The minimum atomic E-state index is -0.519. The lowest BCUT2D eigenvalue weighted by Gasteiger charge is -2.05. The van der Waals surface area contributed by atoms with Crippen molar-refractivity contribution in [3.63, 3.8) is 0 Å². The van der Waals surface area contributed by atoms with E-state index in [1.54, 1.807) is 7.05 Å². The molecule has 0 aliphatic heterocycles. The molecule has 0 atom stereocenters. The third kappa shape index (κ3) is 1.59. The van der Waals surface area contributed by atoms with Gasteiger partial charge in [0.1, 0.15) is 6.20 Å². The van der Waals surface area contributed by atoms with Crippen LogP contribution < -0.4 is 5.69 Å². The second kappa shape index (κ2) is 3.69. The SMILES string of the molecule is CC(C)n1c(=O)n(C)c2ncc([N+](=O)[O-])cc21. The van der Waals surface area contributed by atoms with Crippen LogP contribution >= 0.6 is 0 Å². The number of imidazole rings is 1. The molecule has 2 rings (SSSR count). The summed E-state index contributed by atoms with van der Waals surface area (Å²) in [5, 5.41) is 10.7. The summed E-state index contributed by atoms with van der Waals surface area (Å²) in [7, 11) is 1.60. The first kappa shape index (κ1) is 11.3. The number of hydrogen-bond acceptors (Lipinski definition) is 4. The Morgan fingerprint density at radius 2 is 2.12 bits per heavy atom. The van der Waals surface area contributed by atoms with Crippen molar-refractivity contribution >= 4 is 16.9 Å². The molecule has 0 aliphatic rings. The van der Waals surface area contributed by atoms with Crippen molar-refractivity contribution in [2.24, 2.45) is 7.05 Å². The van der Waals surface area contributed by atoms with Gasteiger partial charge < -0.3 is 0 Å². The van der Waals surface area contributed by atoms with Crippen LogP contribution in [0.25, 0.3) is 11.2 Å². The number of hydrogen-bond donors (Lipinski definition) is 0. The number of nitro groups is 1. The first-order chi connectivity index (χ1) is 7.93. The summed E-state index contributed by atoms with van der Waals surface area (Å²) in [5.74, 6) is 0. The van der Waals surface area contributed by atoms with E-state index in [-0.39, 0.29) is 17.4 Å². The van der Waals surface area contributed by atoms with E-state index in [0.29, 0.717) is 11.2 Å². The minimum Gasteiger partial charge on any atom is -0.288 e. The lowest BCUT2D eigenvalue weighted by Crippen LogP contribution is -2.23. The molecular weight excluding hydrogens is 224 g/mol. The molecular formula is C10H12N4O3. The van der Waals surface area contributed by atoms with Gasteiger partial charge in [0.15, 0.2) is 5.65 Å². The third-order valence-electron chi connectivity index (χ3n) is 2.63. The van der Waals surface area contributed by atoms with E-state index in [1.165, 1.54) is 15.2 Å². The number of fused-ring (bicyclic) bond motifs is 1. The van der Waals surface area contributed by atoms with Crippen LogP contribution in [0.15, 0.2) is 17.1 Å². The Kier molecular flexibility index (Phi) is 2.45. The fraction of sp³-hybridized carbons (Fsp3) is 0.400. The van der Waals surface area contributed by atoms with Gasteiger partial charge in [-0.3, -0.25) is 19.2 Å². The zero-order valence-corrected chi connectivity index (χ0v) is 9.75. The summed E-state index contributed by atoms with van der Waals surface area (Å²) in [6.45, 7) is 3.69. The topological polar surface area (TPSA) is 83.0 Å². The normalized spacial score (nSPS) is 11.3. The molecule has 2 heterocycles. The van der Waals surface area contributed by atoms with Crippen molar-refractivity contribution in [2.45, 2.75) is 19.9 Å². The summed E-state index contributed by atoms with van der Waals surface area (Å²) in [6, 6.07) is 1.30. The second-order valence-corrected chi connectivity index (χ2v) is 4.10. The Balaban J connectivity index is 2.88. The highest BCUT2D eigenvalue weighted by Crippen LogP contribution is 2.19. The van der Waals surface area contributed by atoms with E-state index < -0.39 is 4.92 Å².